The number of hydrogen-bond acceptors (Lipinski definition) is 2. The lowest BCUT2D eigenvalue weighted by atomic mass is 10.2. The highest BCUT2D eigenvalue weighted by Gasteiger charge is 1.98. The van der Waals surface area contributed by atoms with E-state index in [1.54, 1.807) is 0 Å². The molecule has 0 spiro atoms. The van der Waals surface area contributed by atoms with Crippen LogP contribution >= 0.6 is 22.6 Å². The minimum absolute atomic E-state index is 0.589. The normalized spacial score (nSPS) is 10.2. The SMILES string of the molecule is CCCOc1ccc(OCc2ccc(I)cc2)cc1. The van der Waals surface area contributed by atoms with E-state index in [2.05, 4.69) is 53.8 Å². The van der Waals surface area contributed by atoms with Crippen molar-refractivity contribution in [3.8, 4) is 11.5 Å². The molecule has 0 atom stereocenters. The lowest BCUT2D eigenvalue weighted by molar-refractivity contribution is 0.301. The third-order valence-electron chi connectivity index (χ3n) is 2.62. The molecule has 2 rings (SSSR count). The van der Waals surface area contributed by atoms with Crippen LogP contribution in [0.3, 0.4) is 0 Å². The fourth-order valence-electron chi connectivity index (χ4n) is 1.60. The summed E-state index contributed by atoms with van der Waals surface area (Å²) in [6, 6.07) is 16.1. The quantitative estimate of drug-likeness (QED) is 0.691. The van der Waals surface area contributed by atoms with Gasteiger partial charge in [0.1, 0.15) is 18.1 Å². The van der Waals surface area contributed by atoms with Crippen LogP contribution in [-0.2, 0) is 6.61 Å². The molecule has 0 amide bonds. The zero-order valence-electron chi connectivity index (χ0n) is 10.9. The lowest BCUT2D eigenvalue weighted by Crippen LogP contribution is -1.97. The van der Waals surface area contributed by atoms with Crippen molar-refractivity contribution < 1.29 is 9.47 Å². The Morgan fingerprint density at radius 2 is 1.42 bits per heavy atom. The van der Waals surface area contributed by atoms with Crippen molar-refractivity contribution in [2.24, 2.45) is 0 Å². The van der Waals surface area contributed by atoms with Crippen molar-refractivity contribution >= 4 is 22.6 Å². The molecule has 0 aliphatic rings. The van der Waals surface area contributed by atoms with Crippen LogP contribution in [0.5, 0.6) is 11.5 Å². The summed E-state index contributed by atoms with van der Waals surface area (Å²) in [6.45, 7) is 3.44. The van der Waals surface area contributed by atoms with Crippen LogP contribution in [-0.4, -0.2) is 6.61 Å². The first kappa shape index (κ1) is 14.2. The molecule has 0 saturated carbocycles. The van der Waals surface area contributed by atoms with Gasteiger partial charge in [-0.1, -0.05) is 19.1 Å². The van der Waals surface area contributed by atoms with Crippen molar-refractivity contribution in [3.63, 3.8) is 0 Å². The number of ether oxygens (including phenoxy) is 2. The number of hydrogen-bond donors (Lipinski definition) is 0. The average molecular weight is 368 g/mol. The van der Waals surface area contributed by atoms with Gasteiger partial charge in [0.15, 0.2) is 0 Å². The molecule has 100 valence electrons. The Kier molecular flexibility index (Phi) is 5.51. The molecule has 0 unspecified atom stereocenters. The highest BCUT2D eigenvalue weighted by Crippen LogP contribution is 2.19. The maximum atomic E-state index is 5.73. The predicted octanol–water partition coefficient (Wildman–Crippen LogP) is 4.66. The summed E-state index contributed by atoms with van der Waals surface area (Å²) in [5, 5.41) is 0. The van der Waals surface area contributed by atoms with Gasteiger partial charge in [0.05, 0.1) is 6.61 Å². The van der Waals surface area contributed by atoms with E-state index < -0.39 is 0 Å². The zero-order chi connectivity index (χ0) is 13.5. The van der Waals surface area contributed by atoms with Gasteiger partial charge in [-0.3, -0.25) is 0 Å². The first-order chi connectivity index (χ1) is 9.28. The smallest absolute Gasteiger partial charge is 0.120 e. The molecule has 0 N–H and O–H groups in total. The summed E-state index contributed by atoms with van der Waals surface area (Å²) in [5.41, 5.74) is 1.17. The highest BCUT2D eigenvalue weighted by molar-refractivity contribution is 14.1. The van der Waals surface area contributed by atoms with Crippen LogP contribution in [0.1, 0.15) is 18.9 Å². The van der Waals surface area contributed by atoms with Gasteiger partial charge in [0, 0.05) is 3.57 Å². The molecule has 3 heteroatoms. The van der Waals surface area contributed by atoms with E-state index in [9.17, 15) is 0 Å². The molecule has 0 aliphatic carbocycles. The van der Waals surface area contributed by atoms with Crippen molar-refractivity contribution in [1.82, 2.24) is 0 Å². The molecule has 0 fully saturated rings. The molecule has 2 aromatic rings. The van der Waals surface area contributed by atoms with Gasteiger partial charge in [0.25, 0.3) is 0 Å². The highest BCUT2D eigenvalue weighted by atomic mass is 127. The summed E-state index contributed by atoms with van der Waals surface area (Å²) >= 11 is 2.30. The maximum absolute atomic E-state index is 5.73. The molecule has 19 heavy (non-hydrogen) atoms. The van der Waals surface area contributed by atoms with Crippen molar-refractivity contribution in [2.75, 3.05) is 6.61 Å². The minimum atomic E-state index is 0.589. The maximum Gasteiger partial charge on any atom is 0.120 e. The molecular weight excluding hydrogens is 351 g/mol. The summed E-state index contributed by atoms with van der Waals surface area (Å²) in [6.07, 6.45) is 1.02. The first-order valence-electron chi connectivity index (χ1n) is 6.38. The van der Waals surface area contributed by atoms with Gasteiger partial charge >= 0.3 is 0 Å². The molecule has 0 aromatic heterocycles. The van der Waals surface area contributed by atoms with E-state index in [0.29, 0.717) is 6.61 Å². The number of halogens is 1. The Labute approximate surface area is 127 Å². The topological polar surface area (TPSA) is 18.5 Å². The third-order valence-corrected chi connectivity index (χ3v) is 3.33. The molecule has 2 nitrogen and oxygen atoms in total. The van der Waals surface area contributed by atoms with Crippen molar-refractivity contribution in [3.05, 3.63) is 57.7 Å². The Hall–Kier alpha value is -1.23. The molecule has 2 aromatic carbocycles. The fourth-order valence-corrected chi connectivity index (χ4v) is 1.96. The van der Waals surface area contributed by atoms with Crippen LogP contribution in [0, 0.1) is 3.57 Å². The van der Waals surface area contributed by atoms with Crippen LogP contribution in [0.2, 0.25) is 0 Å². The molecule has 0 saturated heterocycles. The number of rotatable bonds is 6. The summed E-state index contributed by atoms with van der Waals surface area (Å²) in [4.78, 5) is 0. The van der Waals surface area contributed by atoms with Crippen LogP contribution in [0.15, 0.2) is 48.5 Å². The Bertz CT molecular complexity index is 491. The summed E-state index contributed by atoms with van der Waals surface area (Å²) < 4.78 is 12.5. The summed E-state index contributed by atoms with van der Waals surface area (Å²) in [7, 11) is 0. The summed E-state index contributed by atoms with van der Waals surface area (Å²) in [5.74, 6) is 1.76. The van der Waals surface area contributed by atoms with Gasteiger partial charge < -0.3 is 9.47 Å². The van der Waals surface area contributed by atoms with Crippen LogP contribution in [0.25, 0.3) is 0 Å². The van der Waals surface area contributed by atoms with Crippen molar-refractivity contribution in [2.45, 2.75) is 20.0 Å². The molecule has 0 aliphatic heterocycles. The standard InChI is InChI=1S/C16H17IO2/c1-2-11-18-15-7-9-16(10-8-15)19-12-13-3-5-14(17)6-4-13/h3-10H,2,11-12H2,1H3. The van der Waals surface area contributed by atoms with Gasteiger partial charge in [-0.2, -0.15) is 0 Å². The first-order valence-corrected chi connectivity index (χ1v) is 7.46. The van der Waals surface area contributed by atoms with E-state index in [1.165, 1.54) is 9.13 Å². The van der Waals surface area contributed by atoms with Gasteiger partial charge in [-0.15, -0.1) is 0 Å². The minimum Gasteiger partial charge on any atom is -0.494 e. The molecule has 0 heterocycles. The van der Waals surface area contributed by atoms with Crippen LogP contribution < -0.4 is 9.47 Å². The Balaban J connectivity index is 1.87. The number of benzene rings is 2. The van der Waals surface area contributed by atoms with Gasteiger partial charge in [-0.05, 0) is 71.0 Å². The largest absolute Gasteiger partial charge is 0.494 e. The second-order valence-corrected chi connectivity index (χ2v) is 5.48. The second-order valence-electron chi connectivity index (χ2n) is 4.24. The monoisotopic (exact) mass is 368 g/mol. The lowest BCUT2D eigenvalue weighted by Gasteiger charge is -2.08. The van der Waals surface area contributed by atoms with Crippen LogP contribution in [0.4, 0.5) is 0 Å². The van der Waals surface area contributed by atoms with E-state index in [4.69, 9.17) is 9.47 Å². The Morgan fingerprint density at radius 1 is 0.842 bits per heavy atom. The Morgan fingerprint density at radius 3 is 2.00 bits per heavy atom. The third kappa shape index (κ3) is 4.74. The van der Waals surface area contributed by atoms with Gasteiger partial charge in [-0.25, -0.2) is 0 Å². The van der Waals surface area contributed by atoms with Crippen molar-refractivity contribution in [1.29, 1.82) is 0 Å². The van der Waals surface area contributed by atoms with E-state index in [0.717, 1.165) is 24.5 Å². The van der Waals surface area contributed by atoms with E-state index in [1.807, 2.05) is 24.3 Å². The second kappa shape index (κ2) is 7.38. The molecule has 0 radical (unpaired) electrons. The van der Waals surface area contributed by atoms with E-state index in [-0.39, 0.29) is 0 Å². The van der Waals surface area contributed by atoms with E-state index >= 15 is 0 Å². The predicted molar refractivity (Wildman–Crippen MR) is 85.7 cm³/mol. The fraction of sp³-hybridized carbons (Fsp3) is 0.250. The molecular formula is C16H17IO2. The zero-order valence-corrected chi connectivity index (χ0v) is 13.1. The molecule has 0 bridgehead atoms. The average Bonchev–Trinajstić information content (AvgIpc) is 2.46. The van der Waals surface area contributed by atoms with Gasteiger partial charge in [0.2, 0.25) is 0 Å².